The molecule has 0 saturated carbocycles. The van der Waals surface area contributed by atoms with E-state index in [1.165, 1.54) is 6.07 Å². The maximum absolute atomic E-state index is 13.2. The molecule has 1 unspecified atom stereocenters. The largest absolute Gasteiger partial charge is 0.394 e. The number of aryl methyl sites for hydroxylation is 1. The van der Waals surface area contributed by atoms with E-state index in [9.17, 15) is 4.39 Å². The van der Waals surface area contributed by atoms with Gasteiger partial charge in [0.15, 0.2) is 0 Å². The fourth-order valence-electron chi connectivity index (χ4n) is 1.11. The Morgan fingerprint density at radius 2 is 2.23 bits per heavy atom. The summed E-state index contributed by atoms with van der Waals surface area (Å²) >= 11 is 3.24. The molecule has 2 nitrogen and oxygen atoms in total. The van der Waals surface area contributed by atoms with Gasteiger partial charge in [-0.3, -0.25) is 0 Å². The highest BCUT2D eigenvalue weighted by Gasteiger charge is 2.15. The van der Waals surface area contributed by atoms with Crippen molar-refractivity contribution in [3.63, 3.8) is 0 Å². The van der Waals surface area contributed by atoms with E-state index in [1.807, 2.05) is 6.92 Å². The predicted octanol–water partition coefficient (Wildman–Crippen LogP) is 1.89. The third-order valence-electron chi connectivity index (χ3n) is 1.89. The maximum atomic E-state index is 13.2. The lowest BCUT2D eigenvalue weighted by molar-refractivity contribution is 0.265. The van der Waals surface area contributed by atoms with Gasteiger partial charge in [0.1, 0.15) is 5.82 Å². The molecular weight excluding hydrogens is 237 g/mol. The molecule has 0 radical (unpaired) electrons. The van der Waals surface area contributed by atoms with Crippen LogP contribution in [-0.2, 0) is 0 Å². The molecule has 0 bridgehead atoms. The van der Waals surface area contributed by atoms with Crippen molar-refractivity contribution in [3.8, 4) is 0 Å². The molecule has 4 heteroatoms. The summed E-state index contributed by atoms with van der Waals surface area (Å²) in [4.78, 5) is 0. The summed E-state index contributed by atoms with van der Waals surface area (Å²) in [5.41, 5.74) is 6.78. The predicted molar refractivity (Wildman–Crippen MR) is 52.9 cm³/mol. The van der Waals surface area contributed by atoms with Gasteiger partial charge in [0.2, 0.25) is 0 Å². The van der Waals surface area contributed by atoms with Crippen LogP contribution < -0.4 is 5.73 Å². The summed E-state index contributed by atoms with van der Waals surface area (Å²) in [6, 6.07) is 2.34. The zero-order valence-electron chi connectivity index (χ0n) is 7.22. The van der Waals surface area contributed by atoms with Gasteiger partial charge in [-0.15, -0.1) is 0 Å². The molecule has 0 aromatic heterocycles. The Bertz CT molecular complexity index is 317. The smallest absolute Gasteiger partial charge is 0.129 e. The van der Waals surface area contributed by atoms with E-state index in [1.54, 1.807) is 6.07 Å². The molecule has 1 aromatic rings. The number of benzene rings is 1. The fraction of sp³-hybridized carbons (Fsp3) is 0.333. The monoisotopic (exact) mass is 247 g/mol. The summed E-state index contributed by atoms with van der Waals surface area (Å²) < 4.78 is 13.9. The van der Waals surface area contributed by atoms with Crippen molar-refractivity contribution in [1.82, 2.24) is 0 Å². The van der Waals surface area contributed by atoms with Crippen LogP contribution in [0.3, 0.4) is 0 Å². The first-order valence-electron chi connectivity index (χ1n) is 3.89. The molecule has 13 heavy (non-hydrogen) atoms. The van der Waals surface area contributed by atoms with Crippen LogP contribution in [-0.4, -0.2) is 11.7 Å². The maximum Gasteiger partial charge on any atom is 0.129 e. The van der Waals surface area contributed by atoms with Crippen molar-refractivity contribution < 1.29 is 9.50 Å². The van der Waals surface area contributed by atoms with Crippen LogP contribution in [0.2, 0.25) is 0 Å². The first-order chi connectivity index (χ1) is 6.07. The van der Waals surface area contributed by atoms with Gasteiger partial charge < -0.3 is 10.8 Å². The third kappa shape index (κ3) is 2.07. The Morgan fingerprint density at radius 1 is 1.62 bits per heavy atom. The molecule has 0 aliphatic heterocycles. The molecule has 1 aromatic carbocycles. The highest BCUT2D eigenvalue weighted by molar-refractivity contribution is 9.10. The Balaban J connectivity index is 3.25. The second-order valence-corrected chi connectivity index (χ2v) is 3.67. The van der Waals surface area contributed by atoms with E-state index in [4.69, 9.17) is 10.8 Å². The zero-order valence-corrected chi connectivity index (χ0v) is 8.81. The first-order valence-corrected chi connectivity index (χ1v) is 4.68. The lowest BCUT2D eigenvalue weighted by Gasteiger charge is -2.13. The molecule has 0 aliphatic rings. The molecule has 0 aliphatic carbocycles. The molecule has 72 valence electrons. The van der Waals surface area contributed by atoms with E-state index in [0.29, 0.717) is 10.0 Å². The van der Waals surface area contributed by atoms with Crippen LogP contribution in [0, 0.1) is 12.7 Å². The third-order valence-corrected chi connectivity index (χ3v) is 2.94. The zero-order chi connectivity index (χ0) is 10.0. The molecule has 0 spiro atoms. The highest BCUT2D eigenvalue weighted by Crippen LogP contribution is 2.27. The van der Waals surface area contributed by atoms with Gasteiger partial charge in [-0.25, -0.2) is 4.39 Å². The van der Waals surface area contributed by atoms with E-state index < -0.39 is 6.04 Å². The lowest BCUT2D eigenvalue weighted by Crippen LogP contribution is -2.17. The van der Waals surface area contributed by atoms with Crippen LogP contribution in [0.4, 0.5) is 4.39 Å². The van der Waals surface area contributed by atoms with Crippen molar-refractivity contribution in [3.05, 3.63) is 33.5 Å². The average molecular weight is 248 g/mol. The van der Waals surface area contributed by atoms with Gasteiger partial charge in [0, 0.05) is 10.0 Å². The molecule has 0 heterocycles. The number of nitrogens with two attached hydrogens (primary N) is 1. The van der Waals surface area contributed by atoms with Crippen molar-refractivity contribution in [1.29, 1.82) is 0 Å². The topological polar surface area (TPSA) is 46.2 Å². The number of aliphatic hydroxyl groups is 1. The Kier molecular flexibility index (Phi) is 3.41. The van der Waals surface area contributed by atoms with Gasteiger partial charge in [0.25, 0.3) is 0 Å². The van der Waals surface area contributed by atoms with Crippen molar-refractivity contribution in [2.24, 2.45) is 5.73 Å². The number of aliphatic hydroxyl groups excluding tert-OH is 1. The number of rotatable bonds is 2. The van der Waals surface area contributed by atoms with Crippen molar-refractivity contribution in [2.45, 2.75) is 13.0 Å². The molecule has 0 saturated heterocycles. The lowest BCUT2D eigenvalue weighted by atomic mass is 10.1. The summed E-state index contributed by atoms with van der Waals surface area (Å²) in [6.45, 7) is 1.58. The molecule has 0 amide bonds. The molecule has 1 atom stereocenters. The minimum absolute atomic E-state index is 0.265. The van der Waals surface area contributed by atoms with E-state index in [0.717, 1.165) is 5.56 Å². The van der Waals surface area contributed by atoms with Gasteiger partial charge in [-0.1, -0.05) is 22.0 Å². The second kappa shape index (κ2) is 4.17. The molecular formula is C9H11BrFNO. The second-order valence-electron chi connectivity index (χ2n) is 2.88. The minimum Gasteiger partial charge on any atom is -0.394 e. The van der Waals surface area contributed by atoms with E-state index in [-0.39, 0.29) is 12.4 Å². The number of hydrogen-bond donors (Lipinski definition) is 2. The van der Waals surface area contributed by atoms with Gasteiger partial charge in [-0.05, 0) is 18.6 Å². The SMILES string of the molecule is Cc1ccc(F)c(C(N)CO)c1Br. The summed E-state index contributed by atoms with van der Waals surface area (Å²) in [5, 5.41) is 8.82. The summed E-state index contributed by atoms with van der Waals surface area (Å²) in [6.07, 6.45) is 0. The van der Waals surface area contributed by atoms with Crippen LogP contribution in [0.1, 0.15) is 17.2 Å². The Morgan fingerprint density at radius 3 is 2.77 bits per heavy atom. The standard InChI is InChI=1S/C9H11BrFNO/c1-5-2-3-6(11)8(9(5)10)7(12)4-13/h2-3,7,13H,4,12H2,1H3. The highest BCUT2D eigenvalue weighted by atomic mass is 79.9. The molecule has 1 rings (SSSR count). The fourth-order valence-corrected chi connectivity index (χ4v) is 1.73. The van der Waals surface area contributed by atoms with Gasteiger partial charge >= 0.3 is 0 Å². The first kappa shape index (κ1) is 10.6. The van der Waals surface area contributed by atoms with Crippen LogP contribution in [0.15, 0.2) is 16.6 Å². The molecule has 0 fully saturated rings. The van der Waals surface area contributed by atoms with Crippen LogP contribution in [0.5, 0.6) is 0 Å². The van der Waals surface area contributed by atoms with Crippen LogP contribution in [0.25, 0.3) is 0 Å². The van der Waals surface area contributed by atoms with Gasteiger partial charge in [-0.2, -0.15) is 0 Å². The number of hydrogen-bond acceptors (Lipinski definition) is 2. The summed E-state index contributed by atoms with van der Waals surface area (Å²) in [5.74, 6) is -0.390. The Labute approximate surface area is 84.7 Å². The minimum atomic E-state index is -0.672. The van der Waals surface area contributed by atoms with Gasteiger partial charge in [0.05, 0.1) is 12.6 Å². The number of halogens is 2. The van der Waals surface area contributed by atoms with E-state index >= 15 is 0 Å². The summed E-state index contributed by atoms with van der Waals surface area (Å²) in [7, 11) is 0. The van der Waals surface area contributed by atoms with Crippen molar-refractivity contribution in [2.75, 3.05) is 6.61 Å². The Hall–Kier alpha value is -0.450. The van der Waals surface area contributed by atoms with Crippen LogP contribution >= 0.6 is 15.9 Å². The van der Waals surface area contributed by atoms with E-state index in [2.05, 4.69) is 15.9 Å². The quantitative estimate of drug-likeness (QED) is 0.839. The normalized spacial score (nSPS) is 13.0. The average Bonchev–Trinajstić information content (AvgIpc) is 2.12. The van der Waals surface area contributed by atoms with Crippen molar-refractivity contribution >= 4 is 15.9 Å². The molecule has 3 N–H and O–H groups in total.